The van der Waals surface area contributed by atoms with Gasteiger partial charge in [-0.1, -0.05) is 0 Å². The van der Waals surface area contributed by atoms with Gasteiger partial charge in [-0.25, -0.2) is 0 Å². The standard InChI is InChI=1S/C19H24N4O2/c1-21-18(14-2-3-14)16(12-20-21)13-22-8-10-23(11-9-22)19(25)15-4-6-17(24)7-5-15/h4-7,12,14,24H,2-3,8-11,13H2,1H3. The molecule has 0 bridgehead atoms. The largest absolute Gasteiger partial charge is 0.508 e. The predicted molar refractivity (Wildman–Crippen MR) is 94.5 cm³/mol. The third kappa shape index (κ3) is 3.39. The Morgan fingerprint density at radius 2 is 1.84 bits per heavy atom. The lowest BCUT2D eigenvalue weighted by atomic mass is 10.1. The smallest absolute Gasteiger partial charge is 0.253 e. The molecule has 1 N–H and O–H groups in total. The molecule has 4 rings (SSSR count). The van der Waals surface area contributed by atoms with Crippen LogP contribution in [0, 0.1) is 0 Å². The minimum absolute atomic E-state index is 0.0414. The molecule has 2 heterocycles. The lowest BCUT2D eigenvalue weighted by Crippen LogP contribution is -2.48. The van der Waals surface area contributed by atoms with Gasteiger partial charge in [0.2, 0.25) is 0 Å². The van der Waals surface area contributed by atoms with Crippen LogP contribution in [0.15, 0.2) is 30.5 Å². The maximum absolute atomic E-state index is 12.5. The van der Waals surface area contributed by atoms with E-state index in [1.165, 1.54) is 24.1 Å². The predicted octanol–water partition coefficient (Wildman–Crippen LogP) is 1.96. The van der Waals surface area contributed by atoms with E-state index < -0.39 is 0 Å². The quantitative estimate of drug-likeness (QED) is 0.924. The maximum Gasteiger partial charge on any atom is 0.253 e. The second-order valence-corrected chi connectivity index (χ2v) is 7.07. The fourth-order valence-corrected chi connectivity index (χ4v) is 3.63. The van der Waals surface area contributed by atoms with Gasteiger partial charge in [-0.3, -0.25) is 14.4 Å². The van der Waals surface area contributed by atoms with E-state index in [4.69, 9.17) is 0 Å². The van der Waals surface area contributed by atoms with E-state index in [1.807, 2.05) is 22.8 Å². The average molecular weight is 340 g/mol. The summed E-state index contributed by atoms with van der Waals surface area (Å²) in [5.74, 6) is 0.920. The van der Waals surface area contributed by atoms with Crippen LogP contribution in [-0.4, -0.2) is 56.8 Å². The third-order valence-corrected chi connectivity index (χ3v) is 5.20. The number of phenolic OH excluding ortho intramolecular Hbond substituents is 1. The van der Waals surface area contributed by atoms with Crippen LogP contribution in [0.25, 0.3) is 0 Å². The highest BCUT2D eigenvalue weighted by atomic mass is 16.3. The first-order valence-electron chi connectivity index (χ1n) is 8.93. The van der Waals surface area contributed by atoms with Crippen molar-refractivity contribution in [2.45, 2.75) is 25.3 Å². The Kier molecular flexibility index (Phi) is 4.21. The normalized spacial score (nSPS) is 18.5. The molecule has 0 spiro atoms. The molecule has 6 nitrogen and oxygen atoms in total. The molecule has 2 aliphatic rings. The summed E-state index contributed by atoms with van der Waals surface area (Å²) < 4.78 is 2.03. The van der Waals surface area contributed by atoms with Gasteiger partial charge < -0.3 is 10.0 Å². The van der Waals surface area contributed by atoms with E-state index in [0.717, 1.165) is 32.7 Å². The highest BCUT2D eigenvalue weighted by Gasteiger charge is 2.30. The van der Waals surface area contributed by atoms with E-state index >= 15 is 0 Å². The molecular weight excluding hydrogens is 316 g/mol. The van der Waals surface area contributed by atoms with Crippen LogP contribution in [0.3, 0.4) is 0 Å². The minimum Gasteiger partial charge on any atom is -0.508 e. The highest BCUT2D eigenvalue weighted by Crippen LogP contribution is 2.41. The number of rotatable bonds is 4. The zero-order chi connectivity index (χ0) is 17.4. The number of aromatic hydroxyl groups is 1. The van der Waals surface area contributed by atoms with E-state index in [-0.39, 0.29) is 11.7 Å². The maximum atomic E-state index is 12.5. The van der Waals surface area contributed by atoms with Gasteiger partial charge in [0.15, 0.2) is 0 Å². The van der Waals surface area contributed by atoms with Gasteiger partial charge in [0.05, 0.1) is 6.20 Å². The Hall–Kier alpha value is -2.34. The molecule has 6 heteroatoms. The molecule has 132 valence electrons. The van der Waals surface area contributed by atoms with Crippen molar-refractivity contribution >= 4 is 5.91 Å². The van der Waals surface area contributed by atoms with Crippen LogP contribution in [0.5, 0.6) is 5.75 Å². The van der Waals surface area contributed by atoms with Gasteiger partial charge in [-0.15, -0.1) is 0 Å². The van der Waals surface area contributed by atoms with Crippen molar-refractivity contribution in [1.29, 1.82) is 0 Å². The summed E-state index contributed by atoms with van der Waals surface area (Å²) in [6.07, 6.45) is 4.56. The zero-order valence-corrected chi connectivity index (χ0v) is 14.6. The topological polar surface area (TPSA) is 61.6 Å². The molecule has 1 aromatic heterocycles. The summed E-state index contributed by atoms with van der Waals surface area (Å²) in [7, 11) is 2.03. The molecule has 0 radical (unpaired) electrons. The van der Waals surface area contributed by atoms with Crippen LogP contribution >= 0.6 is 0 Å². The van der Waals surface area contributed by atoms with Gasteiger partial charge in [0.1, 0.15) is 5.75 Å². The summed E-state index contributed by atoms with van der Waals surface area (Å²) in [5, 5.41) is 13.8. The molecule has 1 aliphatic carbocycles. The molecule has 1 aliphatic heterocycles. The Morgan fingerprint density at radius 1 is 1.16 bits per heavy atom. The molecule has 1 amide bonds. The molecule has 2 fully saturated rings. The first-order chi connectivity index (χ1) is 12.1. The lowest BCUT2D eigenvalue weighted by molar-refractivity contribution is 0.0628. The molecule has 2 aromatic rings. The van der Waals surface area contributed by atoms with Crippen molar-refractivity contribution in [3.63, 3.8) is 0 Å². The summed E-state index contributed by atoms with van der Waals surface area (Å²) >= 11 is 0. The van der Waals surface area contributed by atoms with E-state index in [0.29, 0.717) is 11.5 Å². The first kappa shape index (κ1) is 16.1. The van der Waals surface area contributed by atoms with Crippen molar-refractivity contribution in [2.75, 3.05) is 26.2 Å². The van der Waals surface area contributed by atoms with Crippen LogP contribution in [0.4, 0.5) is 0 Å². The second kappa shape index (κ2) is 6.52. The Morgan fingerprint density at radius 3 is 2.48 bits per heavy atom. The molecule has 0 unspecified atom stereocenters. The number of carbonyl (C=O) groups is 1. The first-order valence-corrected chi connectivity index (χ1v) is 8.93. The van der Waals surface area contributed by atoms with Crippen LogP contribution in [0.2, 0.25) is 0 Å². The van der Waals surface area contributed by atoms with Gasteiger partial charge in [-0.2, -0.15) is 5.10 Å². The number of benzene rings is 1. The number of hydrogen-bond acceptors (Lipinski definition) is 4. The van der Waals surface area contributed by atoms with E-state index in [1.54, 1.807) is 24.3 Å². The number of phenols is 1. The average Bonchev–Trinajstić information content (AvgIpc) is 3.39. The van der Waals surface area contributed by atoms with Crippen molar-refractivity contribution in [2.24, 2.45) is 7.05 Å². The van der Waals surface area contributed by atoms with Gasteiger partial charge in [0.25, 0.3) is 5.91 Å². The van der Waals surface area contributed by atoms with Gasteiger partial charge in [-0.05, 0) is 37.1 Å². The number of amides is 1. The lowest BCUT2D eigenvalue weighted by Gasteiger charge is -2.34. The SMILES string of the molecule is Cn1ncc(CN2CCN(C(=O)c3ccc(O)cc3)CC2)c1C1CC1. The fraction of sp³-hybridized carbons (Fsp3) is 0.474. The summed E-state index contributed by atoms with van der Waals surface area (Å²) in [6.45, 7) is 4.14. The van der Waals surface area contributed by atoms with E-state index in [2.05, 4.69) is 10.00 Å². The molecule has 0 atom stereocenters. The number of hydrogen-bond donors (Lipinski definition) is 1. The van der Waals surface area contributed by atoms with E-state index in [9.17, 15) is 9.90 Å². The van der Waals surface area contributed by atoms with Crippen molar-refractivity contribution < 1.29 is 9.90 Å². The molecular formula is C19H24N4O2. The van der Waals surface area contributed by atoms with Crippen LogP contribution in [-0.2, 0) is 13.6 Å². The zero-order valence-electron chi connectivity index (χ0n) is 14.6. The number of nitrogens with zero attached hydrogens (tertiary/aromatic N) is 4. The van der Waals surface area contributed by atoms with Crippen molar-refractivity contribution in [3.8, 4) is 5.75 Å². The molecule has 1 saturated heterocycles. The van der Waals surface area contributed by atoms with Gasteiger partial charge in [0, 0.05) is 62.5 Å². The highest BCUT2D eigenvalue weighted by molar-refractivity contribution is 5.94. The summed E-state index contributed by atoms with van der Waals surface area (Å²) in [5.41, 5.74) is 3.36. The molecule has 1 aromatic carbocycles. The fourth-order valence-electron chi connectivity index (χ4n) is 3.63. The number of carbonyl (C=O) groups excluding carboxylic acids is 1. The number of aromatic nitrogens is 2. The van der Waals surface area contributed by atoms with Crippen molar-refractivity contribution in [1.82, 2.24) is 19.6 Å². The molecule has 1 saturated carbocycles. The second-order valence-electron chi connectivity index (χ2n) is 7.07. The van der Waals surface area contributed by atoms with Crippen LogP contribution < -0.4 is 0 Å². The molecule has 25 heavy (non-hydrogen) atoms. The minimum atomic E-state index is 0.0414. The number of aryl methyl sites for hydroxylation is 1. The Bertz CT molecular complexity index is 756. The number of piperazine rings is 1. The van der Waals surface area contributed by atoms with Crippen molar-refractivity contribution in [3.05, 3.63) is 47.3 Å². The third-order valence-electron chi connectivity index (χ3n) is 5.20. The Balaban J connectivity index is 1.35. The van der Waals surface area contributed by atoms with Crippen LogP contribution in [0.1, 0.15) is 40.4 Å². The Labute approximate surface area is 147 Å². The van der Waals surface area contributed by atoms with Gasteiger partial charge >= 0.3 is 0 Å². The summed E-state index contributed by atoms with van der Waals surface area (Å²) in [6, 6.07) is 6.49. The summed E-state index contributed by atoms with van der Waals surface area (Å²) in [4.78, 5) is 16.8. The monoisotopic (exact) mass is 340 g/mol.